The van der Waals surface area contributed by atoms with Gasteiger partial charge in [-0.1, -0.05) is 24.3 Å². The van der Waals surface area contributed by atoms with E-state index in [4.69, 9.17) is 0 Å². The number of carbonyl (C=O) groups excluding carboxylic acids is 2. The van der Waals surface area contributed by atoms with Crippen LogP contribution in [0.5, 0.6) is 0 Å². The minimum Gasteiger partial charge on any atom is -0.351 e. The Bertz CT molecular complexity index is 714. The van der Waals surface area contributed by atoms with E-state index in [0.717, 1.165) is 12.2 Å². The van der Waals surface area contributed by atoms with Gasteiger partial charge in [-0.05, 0) is 51.4 Å². The number of carbonyl (C=O) groups is 2. The molecule has 0 aliphatic rings. The summed E-state index contributed by atoms with van der Waals surface area (Å²) >= 11 is 0. The topological polar surface area (TPSA) is 52.7 Å². The van der Waals surface area contributed by atoms with E-state index in [-0.39, 0.29) is 11.8 Å². The number of rotatable bonds is 7. The average Bonchev–Trinajstić information content (AvgIpc) is 2.63. The van der Waals surface area contributed by atoms with Gasteiger partial charge in [0.25, 0.3) is 11.8 Å². The Labute approximate surface area is 149 Å². The van der Waals surface area contributed by atoms with Crippen LogP contribution in [-0.4, -0.2) is 50.4 Å². The standard InChI is InChI=1S/C20H25N3O2/c1-4-23(18-11-6-5-7-12-18)20(25)17-10-8-9-16(15-17)19(24)21-13-14-22(2)3/h5-12,15H,4,13-14H2,1-3H3,(H,21,24). The third kappa shape index (κ3) is 5.16. The van der Waals surface area contributed by atoms with Crippen molar-refractivity contribution in [1.82, 2.24) is 10.2 Å². The number of anilines is 1. The van der Waals surface area contributed by atoms with E-state index in [2.05, 4.69) is 5.32 Å². The Morgan fingerprint density at radius 1 is 0.960 bits per heavy atom. The van der Waals surface area contributed by atoms with E-state index in [0.29, 0.717) is 24.2 Å². The molecule has 0 aliphatic carbocycles. The lowest BCUT2D eigenvalue weighted by Gasteiger charge is -2.21. The van der Waals surface area contributed by atoms with E-state index < -0.39 is 0 Å². The van der Waals surface area contributed by atoms with Crippen LogP contribution in [0.1, 0.15) is 27.6 Å². The predicted octanol–water partition coefficient (Wildman–Crippen LogP) is 2.64. The second-order valence-corrected chi connectivity index (χ2v) is 6.02. The van der Waals surface area contributed by atoms with Gasteiger partial charge in [-0.2, -0.15) is 0 Å². The zero-order valence-corrected chi connectivity index (χ0v) is 15.0. The second-order valence-electron chi connectivity index (χ2n) is 6.02. The smallest absolute Gasteiger partial charge is 0.258 e. The van der Waals surface area contributed by atoms with Gasteiger partial charge < -0.3 is 15.1 Å². The lowest BCUT2D eigenvalue weighted by molar-refractivity contribution is 0.0951. The number of hydrogen-bond acceptors (Lipinski definition) is 3. The first kappa shape index (κ1) is 18.7. The number of para-hydroxylation sites is 1. The van der Waals surface area contributed by atoms with Gasteiger partial charge in [0.1, 0.15) is 0 Å². The summed E-state index contributed by atoms with van der Waals surface area (Å²) in [5.74, 6) is -0.282. The van der Waals surface area contributed by atoms with E-state index in [1.807, 2.05) is 56.3 Å². The third-order valence-corrected chi connectivity index (χ3v) is 3.85. The van der Waals surface area contributed by atoms with Crippen molar-refractivity contribution in [2.75, 3.05) is 38.6 Å². The molecule has 0 spiro atoms. The summed E-state index contributed by atoms with van der Waals surface area (Å²) in [6, 6.07) is 16.4. The number of benzene rings is 2. The van der Waals surface area contributed by atoms with E-state index >= 15 is 0 Å². The molecule has 1 N–H and O–H groups in total. The molecule has 2 rings (SSSR count). The molecule has 2 amide bonds. The predicted molar refractivity (Wildman–Crippen MR) is 101 cm³/mol. The molecule has 0 bridgehead atoms. The van der Waals surface area contributed by atoms with Crippen LogP contribution in [0.2, 0.25) is 0 Å². The number of nitrogens with one attached hydrogen (secondary N) is 1. The normalized spacial score (nSPS) is 10.6. The minimum absolute atomic E-state index is 0.114. The number of hydrogen-bond donors (Lipinski definition) is 1. The lowest BCUT2D eigenvalue weighted by Crippen LogP contribution is -2.32. The first-order valence-corrected chi connectivity index (χ1v) is 8.43. The molecule has 5 nitrogen and oxygen atoms in total. The summed E-state index contributed by atoms with van der Waals surface area (Å²) in [7, 11) is 3.91. The molecular formula is C20H25N3O2. The summed E-state index contributed by atoms with van der Waals surface area (Å²) in [6.45, 7) is 3.82. The highest BCUT2D eigenvalue weighted by molar-refractivity contribution is 6.07. The fraction of sp³-hybridized carbons (Fsp3) is 0.300. The fourth-order valence-electron chi connectivity index (χ4n) is 2.50. The highest BCUT2D eigenvalue weighted by Crippen LogP contribution is 2.17. The first-order valence-electron chi connectivity index (χ1n) is 8.43. The maximum absolute atomic E-state index is 12.8. The van der Waals surface area contributed by atoms with Gasteiger partial charge in [-0.25, -0.2) is 0 Å². The molecule has 5 heteroatoms. The lowest BCUT2D eigenvalue weighted by atomic mass is 10.1. The molecule has 132 valence electrons. The highest BCUT2D eigenvalue weighted by Gasteiger charge is 2.17. The molecule has 0 fully saturated rings. The molecule has 0 saturated carbocycles. The van der Waals surface area contributed by atoms with Crippen molar-refractivity contribution < 1.29 is 9.59 Å². The van der Waals surface area contributed by atoms with E-state index in [1.54, 1.807) is 29.2 Å². The van der Waals surface area contributed by atoms with Gasteiger partial charge >= 0.3 is 0 Å². The van der Waals surface area contributed by atoms with Crippen LogP contribution in [0.4, 0.5) is 5.69 Å². The summed E-state index contributed by atoms with van der Waals surface area (Å²) in [4.78, 5) is 28.8. The molecule has 25 heavy (non-hydrogen) atoms. The van der Waals surface area contributed by atoms with Crippen LogP contribution >= 0.6 is 0 Å². The average molecular weight is 339 g/mol. The highest BCUT2D eigenvalue weighted by atomic mass is 16.2. The Hall–Kier alpha value is -2.66. The van der Waals surface area contributed by atoms with Gasteiger partial charge in [-0.15, -0.1) is 0 Å². The van der Waals surface area contributed by atoms with Crippen LogP contribution in [-0.2, 0) is 0 Å². The molecule has 0 aliphatic heterocycles. The van der Waals surface area contributed by atoms with Crippen molar-refractivity contribution in [3.05, 3.63) is 65.7 Å². The SMILES string of the molecule is CCN(C(=O)c1cccc(C(=O)NCCN(C)C)c1)c1ccccc1. The molecule has 0 aromatic heterocycles. The molecule has 0 heterocycles. The van der Waals surface area contributed by atoms with Crippen molar-refractivity contribution in [2.24, 2.45) is 0 Å². The molecule has 2 aromatic carbocycles. The van der Waals surface area contributed by atoms with Crippen LogP contribution in [0.25, 0.3) is 0 Å². The van der Waals surface area contributed by atoms with Gasteiger partial charge in [0.05, 0.1) is 0 Å². The van der Waals surface area contributed by atoms with E-state index in [9.17, 15) is 9.59 Å². The van der Waals surface area contributed by atoms with Crippen molar-refractivity contribution >= 4 is 17.5 Å². The quantitative estimate of drug-likeness (QED) is 0.844. The zero-order chi connectivity index (χ0) is 18.2. The van der Waals surface area contributed by atoms with Crippen molar-refractivity contribution in [1.29, 1.82) is 0 Å². The Morgan fingerprint density at radius 2 is 1.64 bits per heavy atom. The van der Waals surface area contributed by atoms with Gasteiger partial charge in [0.15, 0.2) is 0 Å². The molecule has 0 radical (unpaired) electrons. The number of nitrogens with zero attached hydrogens (tertiary/aromatic N) is 2. The Kier molecular flexibility index (Phi) is 6.71. The molecule has 0 saturated heterocycles. The maximum Gasteiger partial charge on any atom is 0.258 e. The van der Waals surface area contributed by atoms with Crippen LogP contribution in [0, 0.1) is 0 Å². The first-order chi connectivity index (χ1) is 12.0. The zero-order valence-electron chi connectivity index (χ0n) is 15.0. The summed E-state index contributed by atoms with van der Waals surface area (Å²) in [6.07, 6.45) is 0. The summed E-state index contributed by atoms with van der Waals surface area (Å²) in [5.41, 5.74) is 1.84. The molecular weight excluding hydrogens is 314 g/mol. The Morgan fingerprint density at radius 3 is 2.28 bits per heavy atom. The van der Waals surface area contributed by atoms with Crippen LogP contribution < -0.4 is 10.2 Å². The third-order valence-electron chi connectivity index (χ3n) is 3.85. The fourth-order valence-corrected chi connectivity index (χ4v) is 2.50. The van der Waals surface area contributed by atoms with Crippen molar-refractivity contribution in [3.63, 3.8) is 0 Å². The van der Waals surface area contributed by atoms with Crippen LogP contribution in [0.15, 0.2) is 54.6 Å². The number of amides is 2. The number of likely N-dealkylation sites (N-methyl/N-ethyl adjacent to an activating group) is 1. The van der Waals surface area contributed by atoms with Crippen molar-refractivity contribution in [2.45, 2.75) is 6.92 Å². The second kappa shape index (κ2) is 8.99. The molecule has 0 unspecified atom stereocenters. The van der Waals surface area contributed by atoms with Crippen molar-refractivity contribution in [3.8, 4) is 0 Å². The molecule has 2 aromatic rings. The summed E-state index contributed by atoms with van der Waals surface area (Å²) in [5, 5.41) is 2.87. The van der Waals surface area contributed by atoms with Gasteiger partial charge in [0, 0.05) is 36.4 Å². The molecule has 0 atom stereocenters. The monoisotopic (exact) mass is 339 g/mol. The van der Waals surface area contributed by atoms with Gasteiger partial charge in [-0.3, -0.25) is 9.59 Å². The van der Waals surface area contributed by atoms with Crippen LogP contribution in [0.3, 0.4) is 0 Å². The summed E-state index contributed by atoms with van der Waals surface area (Å²) < 4.78 is 0. The minimum atomic E-state index is -0.167. The maximum atomic E-state index is 12.8. The van der Waals surface area contributed by atoms with E-state index in [1.165, 1.54) is 0 Å². The Balaban J connectivity index is 2.14. The van der Waals surface area contributed by atoms with Gasteiger partial charge in [0.2, 0.25) is 0 Å². The largest absolute Gasteiger partial charge is 0.351 e.